The van der Waals surface area contributed by atoms with Crippen LogP contribution in [0.2, 0.25) is 0 Å². The molecule has 0 bridgehead atoms. The van der Waals surface area contributed by atoms with Crippen molar-refractivity contribution in [1.82, 2.24) is 0 Å². The number of carbonyl (C=O) groups excluding carboxylic acids is 4. The first kappa shape index (κ1) is 27.8. The van der Waals surface area contributed by atoms with E-state index in [0.29, 0.717) is 0 Å². The molecule has 0 saturated heterocycles. The van der Waals surface area contributed by atoms with Crippen molar-refractivity contribution in [2.75, 3.05) is 26.4 Å². The lowest BCUT2D eigenvalue weighted by atomic mass is 9.92. The SMILES string of the molecule is C=C(C#N)C(=O)OCC(COC(=O)C(=C)C#N)(COC(=O)C(=C)C#N)COC(=O)C(=C)C#N. The topological polar surface area (TPSA) is 200 Å². The molecule has 0 fully saturated rings. The maximum absolute atomic E-state index is 11.9. The van der Waals surface area contributed by atoms with Crippen LogP contribution in [0.4, 0.5) is 0 Å². The van der Waals surface area contributed by atoms with Gasteiger partial charge in [0.15, 0.2) is 0 Å². The molecule has 12 nitrogen and oxygen atoms in total. The molecule has 0 aliphatic heterocycles. The van der Waals surface area contributed by atoms with Gasteiger partial charge >= 0.3 is 23.9 Å². The number of hydrogen-bond acceptors (Lipinski definition) is 12. The molecule has 12 heteroatoms. The van der Waals surface area contributed by atoms with E-state index in [1.165, 1.54) is 24.3 Å². The zero-order valence-corrected chi connectivity index (χ0v) is 17.2. The molecule has 0 rings (SSSR count). The zero-order chi connectivity index (χ0) is 25.6. The molecule has 0 N–H and O–H groups in total. The van der Waals surface area contributed by atoms with Crippen molar-refractivity contribution in [2.24, 2.45) is 5.41 Å². The van der Waals surface area contributed by atoms with Gasteiger partial charge in [0, 0.05) is 0 Å². The third-order valence-electron chi connectivity index (χ3n) is 3.56. The summed E-state index contributed by atoms with van der Waals surface area (Å²) in [5.41, 5.74) is -4.19. The third kappa shape index (κ3) is 9.00. The fraction of sp³-hybridized carbons (Fsp3) is 0.238. The van der Waals surface area contributed by atoms with Crippen LogP contribution in [-0.4, -0.2) is 50.3 Å². The number of ether oxygens (including phenoxy) is 4. The Balaban J connectivity index is 5.99. The van der Waals surface area contributed by atoms with Gasteiger partial charge in [0.2, 0.25) is 0 Å². The van der Waals surface area contributed by atoms with Crippen LogP contribution in [0.3, 0.4) is 0 Å². The minimum atomic E-state index is -1.81. The highest BCUT2D eigenvalue weighted by Gasteiger charge is 2.39. The summed E-state index contributed by atoms with van der Waals surface area (Å²) in [4.78, 5) is 47.4. The number of rotatable bonds is 12. The maximum Gasteiger partial charge on any atom is 0.348 e. The van der Waals surface area contributed by atoms with Crippen LogP contribution >= 0.6 is 0 Å². The van der Waals surface area contributed by atoms with Crippen LogP contribution < -0.4 is 0 Å². The third-order valence-corrected chi connectivity index (χ3v) is 3.56. The summed E-state index contributed by atoms with van der Waals surface area (Å²) < 4.78 is 19.7. The molecule has 0 atom stereocenters. The molecule has 0 unspecified atom stereocenters. The number of nitriles is 4. The van der Waals surface area contributed by atoms with Gasteiger partial charge < -0.3 is 18.9 Å². The van der Waals surface area contributed by atoms with Crippen molar-refractivity contribution in [3.63, 3.8) is 0 Å². The van der Waals surface area contributed by atoms with Crippen molar-refractivity contribution >= 4 is 23.9 Å². The number of carbonyl (C=O) groups is 4. The fourth-order valence-electron chi connectivity index (χ4n) is 1.66. The summed E-state index contributed by atoms with van der Waals surface area (Å²) in [6.45, 7) is 9.59. The van der Waals surface area contributed by atoms with Crippen LogP contribution in [0.5, 0.6) is 0 Å². The molecular weight excluding hydrogens is 436 g/mol. The molecule has 0 aromatic rings. The molecule has 0 saturated carbocycles. The minimum Gasteiger partial charge on any atom is -0.461 e. The second kappa shape index (κ2) is 13.2. The standard InChI is InChI=1S/C21H16N4O8/c1-13(5-22)17(26)30-9-21(10-31-18(27)14(2)6-23,11-32-19(28)15(3)7-24)12-33-20(29)16(4)8-25/h1-4,9-12H2. The molecule has 0 aliphatic carbocycles. The van der Waals surface area contributed by atoms with E-state index in [2.05, 4.69) is 26.3 Å². The van der Waals surface area contributed by atoms with Crippen molar-refractivity contribution in [3.05, 3.63) is 48.6 Å². The smallest absolute Gasteiger partial charge is 0.348 e. The van der Waals surface area contributed by atoms with Crippen LogP contribution in [0.1, 0.15) is 0 Å². The van der Waals surface area contributed by atoms with Gasteiger partial charge in [-0.3, -0.25) is 0 Å². The van der Waals surface area contributed by atoms with Crippen molar-refractivity contribution in [2.45, 2.75) is 0 Å². The average Bonchev–Trinajstić information content (AvgIpc) is 2.84. The molecule has 168 valence electrons. The van der Waals surface area contributed by atoms with E-state index in [9.17, 15) is 19.2 Å². The molecule has 0 spiro atoms. The molecule has 0 aliphatic rings. The van der Waals surface area contributed by atoms with Gasteiger partial charge in [-0.1, -0.05) is 26.3 Å². The molecule has 0 radical (unpaired) electrons. The number of esters is 4. The number of nitrogens with zero attached hydrogens (tertiary/aromatic N) is 4. The van der Waals surface area contributed by atoms with E-state index in [4.69, 9.17) is 40.0 Å². The molecule has 0 heterocycles. The lowest BCUT2D eigenvalue weighted by molar-refractivity contribution is -0.165. The van der Waals surface area contributed by atoms with Crippen molar-refractivity contribution in [3.8, 4) is 24.3 Å². The van der Waals surface area contributed by atoms with E-state index in [1.54, 1.807) is 0 Å². The lowest BCUT2D eigenvalue weighted by Gasteiger charge is -2.31. The van der Waals surface area contributed by atoms with Crippen molar-refractivity contribution < 1.29 is 38.1 Å². The van der Waals surface area contributed by atoms with Crippen LogP contribution in [0.15, 0.2) is 48.6 Å². The Kier molecular flexibility index (Phi) is 11.1. The largest absolute Gasteiger partial charge is 0.461 e. The van der Waals surface area contributed by atoms with E-state index in [1.807, 2.05) is 0 Å². The first-order valence-corrected chi connectivity index (χ1v) is 8.51. The normalized spacial score (nSPS) is 9.33. The summed E-state index contributed by atoms with van der Waals surface area (Å²) in [6.07, 6.45) is 0. The second-order valence-corrected chi connectivity index (χ2v) is 6.17. The quantitative estimate of drug-likeness (QED) is 0.172. The van der Waals surface area contributed by atoms with E-state index in [-0.39, 0.29) is 0 Å². The van der Waals surface area contributed by atoms with Gasteiger partial charge in [0.1, 0.15) is 78.4 Å². The fourth-order valence-corrected chi connectivity index (χ4v) is 1.66. The highest BCUT2D eigenvalue weighted by molar-refractivity contribution is 5.93. The Bertz CT molecular complexity index is 902. The van der Waals surface area contributed by atoms with Gasteiger partial charge in [-0.25, -0.2) is 19.2 Å². The monoisotopic (exact) mass is 452 g/mol. The van der Waals surface area contributed by atoms with Gasteiger partial charge in [0.25, 0.3) is 0 Å². The van der Waals surface area contributed by atoms with E-state index < -0.39 is 78.0 Å². The second-order valence-electron chi connectivity index (χ2n) is 6.17. The summed E-state index contributed by atoms with van der Waals surface area (Å²) >= 11 is 0. The summed E-state index contributed by atoms with van der Waals surface area (Å²) in [6, 6.07) is 5.80. The summed E-state index contributed by atoms with van der Waals surface area (Å²) in [5.74, 6) is -4.74. The van der Waals surface area contributed by atoms with Crippen LogP contribution in [0.25, 0.3) is 0 Å². The lowest BCUT2D eigenvalue weighted by Crippen LogP contribution is -2.44. The van der Waals surface area contributed by atoms with E-state index in [0.717, 1.165) is 0 Å². The van der Waals surface area contributed by atoms with Gasteiger partial charge in [0.05, 0.1) is 0 Å². The molecule has 33 heavy (non-hydrogen) atoms. The first-order chi connectivity index (χ1) is 15.5. The molecule has 0 amide bonds. The predicted octanol–water partition coefficient (Wildman–Crippen LogP) is 0.465. The Hall–Kier alpha value is -5.20. The Morgan fingerprint density at radius 1 is 0.515 bits per heavy atom. The van der Waals surface area contributed by atoms with Gasteiger partial charge in [-0.15, -0.1) is 0 Å². The number of hydrogen-bond donors (Lipinski definition) is 0. The Morgan fingerprint density at radius 2 is 0.697 bits per heavy atom. The molecule has 0 aromatic heterocycles. The Morgan fingerprint density at radius 3 is 0.848 bits per heavy atom. The summed E-state index contributed by atoms with van der Waals surface area (Å²) in [5, 5.41) is 35.0. The highest BCUT2D eigenvalue weighted by Crippen LogP contribution is 2.23. The van der Waals surface area contributed by atoms with E-state index >= 15 is 0 Å². The maximum atomic E-state index is 11.9. The van der Waals surface area contributed by atoms with Crippen LogP contribution in [0, 0.1) is 50.7 Å². The first-order valence-electron chi connectivity index (χ1n) is 8.51. The molecule has 0 aromatic carbocycles. The highest BCUT2D eigenvalue weighted by atomic mass is 16.6. The predicted molar refractivity (Wildman–Crippen MR) is 105 cm³/mol. The summed E-state index contributed by atoms with van der Waals surface area (Å²) in [7, 11) is 0. The van der Waals surface area contributed by atoms with Crippen LogP contribution in [-0.2, 0) is 38.1 Å². The average molecular weight is 452 g/mol. The zero-order valence-electron chi connectivity index (χ0n) is 17.2. The van der Waals surface area contributed by atoms with Crippen molar-refractivity contribution in [1.29, 1.82) is 21.0 Å². The Labute approximate surface area is 188 Å². The molecular formula is C21H16N4O8. The van der Waals surface area contributed by atoms with Gasteiger partial charge in [-0.2, -0.15) is 21.0 Å². The minimum absolute atomic E-state index is 0.594. The van der Waals surface area contributed by atoms with Gasteiger partial charge in [-0.05, 0) is 0 Å².